The van der Waals surface area contributed by atoms with Crippen LogP contribution in [-0.4, -0.2) is 28.3 Å². The number of nitrogens with one attached hydrogen (secondary N) is 1. The number of sulfonamides is 1. The molecule has 25 heavy (non-hydrogen) atoms. The van der Waals surface area contributed by atoms with Crippen molar-refractivity contribution < 1.29 is 17.9 Å². The van der Waals surface area contributed by atoms with E-state index in [0.29, 0.717) is 28.7 Å². The van der Waals surface area contributed by atoms with Crippen molar-refractivity contribution in [2.45, 2.75) is 18.2 Å². The summed E-state index contributed by atoms with van der Waals surface area (Å²) in [6.45, 7) is 2.60. The van der Waals surface area contributed by atoms with Crippen molar-refractivity contribution in [3.05, 3.63) is 53.1 Å². The third-order valence-electron chi connectivity index (χ3n) is 3.16. The second kappa shape index (κ2) is 8.73. The number of nitrogens with zero attached hydrogens (tertiary/aromatic N) is 1. The van der Waals surface area contributed by atoms with Crippen LogP contribution in [0.5, 0.6) is 11.5 Å². The number of halogens is 1. The first-order valence-electron chi connectivity index (χ1n) is 7.57. The van der Waals surface area contributed by atoms with Crippen LogP contribution in [0.3, 0.4) is 0 Å². The van der Waals surface area contributed by atoms with Crippen molar-refractivity contribution in [2.75, 3.05) is 13.7 Å². The highest BCUT2D eigenvalue weighted by atomic mass is 35.5. The smallest absolute Gasteiger partial charge is 0.276 e. The van der Waals surface area contributed by atoms with Gasteiger partial charge in [-0.15, -0.1) is 0 Å². The van der Waals surface area contributed by atoms with E-state index in [2.05, 4.69) is 9.93 Å². The average Bonchev–Trinajstić information content (AvgIpc) is 2.60. The molecule has 0 bridgehead atoms. The predicted octanol–water partition coefficient (Wildman–Crippen LogP) is 3.45. The molecule has 0 aliphatic heterocycles. The Morgan fingerprint density at radius 1 is 1.16 bits per heavy atom. The second-order valence-corrected chi connectivity index (χ2v) is 7.16. The van der Waals surface area contributed by atoms with Crippen LogP contribution < -0.4 is 14.3 Å². The zero-order valence-electron chi connectivity index (χ0n) is 13.9. The molecule has 0 heterocycles. The molecule has 0 aliphatic rings. The van der Waals surface area contributed by atoms with Gasteiger partial charge in [0.1, 0.15) is 0 Å². The first kappa shape index (κ1) is 19.1. The van der Waals surface area contributed by atoms with Crippen LogP contribution in [0.2, 0.25) is 5.02 Å². The zero-order valence-corrected chi connectivity index (χ0v) is 15.5. The van der Waals surface area contributed by atoms with Crippen molar-refractivity contribution in [3.8, 4) is 11.5 Å². The van der Waals surface area contributed by atoms with Gasteiger partial charge < -0.3 is 9.47 Å². The molecule has 0 atom stereocenters. The van der Waals surface area contributed by atoms with Crippen LogP contribution in [0, 0.1) is 0 Å². The molecular weight excluding hydrogens is 364 g/mol. The lowest BCUT2D eigenvalue weighted by molar-refractivity contribution is 0.294. The summed E-state index contributed by atoms with van der Waals surface area (Å²) in [5.41, 5.74) is 0.666. The molecule has 0 saturated carbocycles. The van der Waals surface area contributed by atoms with Crippen LogP contribution in [-0.2, 0) is 10.0 Å². The fraction of sp³-hybridized carbons (Fsp3) is 0.235. The number of hydrazone groups is 1. The molecule has 0 fully saturated rings. The number of hydrogen-bond donors (Lipinski definition) is 1. The Balaban J connectivity index is 2.09. The van der Waals surface area contributed by atoms with Crippen LogP contribution >= 0.6 is 11.6 Å². The Bertz CT molecular complexity index is 836. The molecule has 1 N–H and O–H groups in total. The van der Waals surface area contributed by atoms with E-state index in [4.69, 9.17) is 21.1 Å². The molecule has 2 aromatic rings. The Labute approximate surface area is 152 Å². The topological polar surface area (TPSA) is 77.0 Å². The Hall–Kier alpha value is -2.25. The molecule has 2 aromatic carbocycles. The van der Waals surface area contributed by atoms with Crippen molar-refractivity contribution in [2.24, 2.45) is 5.10 Å². The van der Waals surface area contributed by atoms with E-state index in [0.717, 1.165) is 6.42 Å². The van der Waals surface area contributed by atoms with Gasteiger partial charge in [0.15, 0.2) is 11.5 Å². The van der Waals surface area contributed by atoms with Crippen molar-refractivity contribution in [1.82, 2.24) is 4.83 Å². The van der Waals surface area contributed by atoms with Crippen LogP contribution in [0.25, 0.3) is 0 Å². The maximum Gasteiger partial charge on any atom is 0.276 e. The van der Waals surface area contributed by atoms with Crippen molar-refractivity contribution in [1.29, 1.82) is 0 Å². The van der Waals surface area contributed by atoms with E-state index in [9.17, 15) is 8.42 Å². The number of benzene rings is 2. The molecule has 0 spiro atoms. The van der Waals surface area contributed by atoms with E-state index < -0.39 is 10.0 Å². The fourth-order valence-corrected chi connectivity index (χ4v) is 2.85. The molecule has 0 radical (unpaired) electrons. The molecule has 2 rings (SSSR count). The summed E-state index contributed by atoms with van der Waals surface area (Å²) in [6.07, 6.45) is 2.28. The SMILES string of the molecule is CCCOc1ccc(/C=N/NS(=O)(=O)c2ccc(Cl)cc2)cc1OC. The summed E-state index contributed by atoms with van der Waals surface area (Å²) in [7, 11) is -2.21. The highest BCUT2D eigenvalue weighted by molar-refractivity contribution is 7.89. The minimum Gasteiger partial charge on any atom is -0.493 e. The Morgan fingerprint density at radius 2 is 1.88 bits per heavy atom. The third kappa shape index (κ3) is 5.37. The number of rotatable bonds is 8. The van der Waals surface area contributed by atoms with E-state index in [1.165, 1.54) is 37.6 Å². The zero-order chi connectivity index (χ0) is 18.3. The number of hydrogen-bond acceptors (Lipinski definition) is 5. The van der Waals surface area contributed by atoms with Gasteiger partial charge in [0.05, 0.1) is 24.8 Å². The standard InChI is InChI=1S/C17H19ClN2O4S/c1-3-10-24-16-9-4-13(11-17(16)23-2)12-19-20-25(21,22)15-7-5-14(18)6-8-15/h4-9,11-12,20H,3,10H2,1-2H3/b19-12+. The highest BCUT2D eigenvalue weighted by Crippen LogP contribution is 2.27. The minimum atomic E-state index is -3.75. The fourth-order valence-electron chi connectivity index (χ4n) is 1.93. The first-order chi connectivity index (χ1) is 12.0. The van der Waals surface area contributed by atoms with Crippen molar-refractivity contribution >= 4 is 27.8 Å². The largest absolute Gasteiger partial charge is 0.493 e. The monoisotopic (exact) mass is 382 g/mol. The first-order valence-corrected chi connectivity index (χ1v) is 9.43. The molecule has 0 unspecified atom stereocenters. The van der Waals surface area contributed by atoms with Gasteiger partial charge >= 0.3 is 0 Å². The normalized spacial score (nSPS) is 11.5. The summed E-state index contributed by atoms with van der Waals surface area (Å²) in [4.78, 5) is 2.23. The van der Waals surface area contributed by atoms with Gasteiger partial charge in [0, 0.05) is 5.02 Å². The van der Waals surface area contributed by atoms with Gasteiger partial charge in [-0.2, -0.15) is 13.5 Å². The highest BCUT2D eigenvalue weighted by Gasteiger charge is 2.12. The van der Waals surface area contributed by atoms with E-state index >= 15 is 0 Å². The van der Waals surface area contributed by atoms with E-state index in [1.807, 2.05) is 6.92 Å². The molecule has 0 aliphatic carbocycles. The molecule has 8 heteroatoms. The van der Waals surface area contributed by atoms with Crippen LogP contribution in [0.4, 0.5) is 0 Å². The quantitative estimate of drug-likeness (QED) is 0.560. The summed E-state index contributed by atoms with van der Waals surface area (Å²) >= 11 is 5.75. The number of ether oxygens (including phenoxy) is 2. The summed E-state index contributed by atoms with van der Waals surface area (Å²) < 4.78 is 35.1. The maximum atomic E-state index is 12.1. The summed E-state index contributed by atoms with van der Waals surface area (Å²) in [6, 6.07) is 11.0. The number of methoxy groups -OCH3 is 1. The average molecular weight is 383 g/mol. The maximum absolute atomic E-state index is 12.1. The van der Waals surface area contributed by atoms with Gasteiger partial charge in [0.25, 0.3) is 10.0 Å². The Morgan fingerprint density at radius 3 is 2.52 bits per heavy atom. The molecule has 134 valence electrons. The van der Waals surface area contributed by atoms with Crippen LogP contribution in [0.15, 0.2) is 52.5 Å². The molecule has 0 amide bonds. The lowest BCUT2D eigenvalue weighted by Gasteiger charge is -2.10. The lowest BCUT2D eigenvalue weighted by Crippen LogP contribution is -2.18. The van der Waals surface area contributed by atoms with Crippen LogP contribution in [0.1, 0.15) is 18.9 Å². The lowest BCUT2D eigenvalue weighted by atomic mass is 10.2. The van der Waals surface area contributed by atoms with E-state index in [1.54, 1.807) is 18.2 Å². The van der Waals surface area contributed by atoms with Crippen molar-refractivity contribution in [3.63, 3.8) is 0 Å². The molecule has 6 nitrogen and oxygen atoms in total. The van der Waals surface area contributed by atoms with Gasteiger partial charge in [-0.25, -0.2) is 4.83 Å². The van der Waals surface area contributed by atoms with Gasteiger partial charge in [0.2, 0.25) is 0 Å². The Kier molecular flexibility index (Phi) is 6.66. The van der Waals surface area contributed by atoms with E-state index in [-0.39, 0.29) is 4.90 Å². The molecule has 0 saturated heterocycles. The van der Waals surface area contributed by atoms with Gasteiger partial charge in [-0.1, -0.05) is 18.5 Å². The van der Waals surface area contributed by atoms with Gasteiger partial charge in [-0.05, 0) is 54.4 Å². The molecular formula is C17H19ClN2O4S. The predicted molar refractivity (Wildman–Crippen MR) is 98.1 cm³/mol. The summed E-state index contributed by atoms with van der Waals surface area (Å²) in [5, 5.41) is 4.25. The summed E-state index contributed by atoms with van der Waals surface area (Å²) in [5.74, 6) is 1.18. The second-order valence-electron chi connectivity index (χ2n) is 5.07. The molecule has 0 aromatic heterocycles. The minimum absolute atomic E-state index is 0.0787. The third-order valence-corrected chi connectivity index (χ3v) is 4.65. The van der Waals surface area contributed by atoms with Gasteiger partial charge in [-0.3, -0.25) is 0 Å².